The summed E-state index contributed by atoms with van der Waals surface area (Å²) in [5, 5.41) is 4.37. The third kappa shape index (κ3) is 3.76. The monoisotopic (exact) mass is 365 g/mol. The number of aryl methyl sites for hydroxylation is 2. The number of carbonyl (C=O) groups excluding carboxylic acids is 1. The van der Waals surface area contributed by atoms with Crippen LogP contribution in [0.4, 0.5) is 10.5 Å². The van der Waals surface area contributed by atoms with Crippen molar-refractivity contribution in [2.75, 3.05) is 31.6 Å². The average Bonchev–Trinajstić information content (AvgIpc) is 2.92. The van der Waals surface area contributed by atoms with E-state index >= 15 is 0 Å². The molecule has 7 heteroatoms. The number of nitrogens with zero attached hydrogens (tertiary/aromatic N) is 1. The fourth-order valence-corrected chi connectivity index (χ4v) is 3.46. The normalized spacial score (nSPS) is 17.9. The molecule has 1 aliphatic rings. The van der Waals surface area contributed by atoms with Gasteiger partial charge in [0.1, 0.15) is 5.76 Å². The number of furan rings is 1. The molecule has 2 heterocycles. The van der Waals surface area contributed by atoms with Gasteiger partial charge in [0, 0.05) is 30.6 Å². The van der Waals surface area contributed by atoms with Crippen LogP contribution < -0.4 is 11.1 Å². The van der Waals surface area contributed by atoms with Gasteiger partial charge in [0.15, 0.2) is 5.58 Å². The molecule has 0 radical (unpaired) electrons. The Hall–Kier alpha value is -1.76. The van der Waals surface area contributed by atoms with Gasteiger partial charge >= 0.3 is 6.03 Å². The Bertz CT molecular complexity index is 773. The summed E-state index contributed by atoms with van der Waals surface area (Å²) in [6.45, 7) is 6.23. The Balaban J connectivity index is 1.78. The number of morpholine rings is 1. The first-order chi connectivity index (χ1) is 12.0. The van der Waals surface area contributed by atoms with Crippen molar-refractivity contribution in [1.29, 1.82) is 0 Å². The molecule has 3 N–H and O–H groups in total. The molecule has 1 aromatic heterocycles. The number of ether oxygens (including phenoxy) is 1. The summed E-state index contributed by atoms with van der Waals surface area (Å²) in [5.74, 6) is 0.915. The van der Waals surface area contributed by atoms with Crippen molar-refractivity contribution < 1.29 is 13.9 Å². The van der Waals surface area contributed by atoms with Crippen molar-refractivity contribution in [1.82, 2.24) is 4.90 Å². The van der Waals surface area contributed by atoms with Gasteiger partial charge in [-0.1, -0.05) is 18.5 Å². The van der Waals surface area contributed by atoms with E-state index in [-0.39, 0.29) is 12.1 Å². The number of amides is 2. The van der Waals surface area contributed by atoms with Crippen molar-refractivity contribution in [3.05, 3.63) is 28.5 Å². The summed E-state index contributed by atoms with van der Waals surface area (Å²) in [6.07, 6.45) is 1.54. The summed E-state index contributed by atoms with van der Waals surface area (Å²) in [6, 6.07) is 3.48. The standard InChI is InChI=1S/C18H24ClN3O3/c1-3-16-11(2)14-8-12(9-15(19)17(14)25-16)21-18(23)22-6-7-24-13(10-22)4-5-20/h8-9,13H,3-7,10,20H2,1-2H3,(H,21,23). The van der Waals surface area contributed by atoms with E-state index in [2.05, 4.69) is 5.32 Å². The van der Waals surface area contributed by atoms with Crippen molar-refractivity contribution in [3.8, 4) is 0 Å². The van der Waals surface area contributed by atoms with Crippen molar-refractivity contribution >= 4 is 34.3 Å². The molecule has 2 amide bonds. The highest BCUT2D eigenvalue weighted by Crippen LogP contribution is 2.34. The number of urea groups is 1. The third-order valence-corrected chi connectivity index (χ3v) is 4.86. The number of carbonyl (C=O) groups is 1. The summed E-state index contributed by atoms with van der Waals surface area (Å²) in [4.78, 5) is 14.3. The van der Waals surface area contributed by atoms with E-state index in [1.54, 1.807) is 11.0 Å². The van der Waals surface area contributed by atoms with Crippen LogP contribution in [0.25, 0.3) is 11.0 Å². The van der Waals surface area contributed by atoms with Crippen LogP contribution in [-0.4, -0.2) is 43.3 Å². The molecule has 1 unspecified atom stereocenters. The minimum Gasteiger partial charge on any atom is -0.459 e. The quantitative estimate of drug-likeness (QED) is 0.868. The van der Waals surface area contributed by atoms with Gasteiger partial charge in [-0.15, -0.1) is 0 Å². The number of hydrogen-bond acceptors (Lipinski definition) is 4. The van der Waals surface area contributed by atoms with Crippen LogP contribution in [0.2, 0.25) is 5.02 Å². The van der Waals surface area contributed by atoms with Crippen LogP contribution in [0.5, 0.6) is 0 Å². The van der Waals surface area contributed by atoms with Gasteiger partial charge in [0.25, 0.3) is 0 Å². The smallest absolute Gasteiger partial charge is 0.322 e. The van der Waals surface area contributed by atoms with E-state index in [1.807, 2.05) is 19.9 Å². The Morgan fingerprint density at radius 3 is 3.00 bits per heavy atom. The summed E-state index contributed by atoms with van der Waals surface area (Å²) in [5.41, 5.74) is 7.97. The van der Waals surface area contributed by atoms with Gasteiger partial charge in [-0.3, -0.25) is 0 Å². The molecule has 0 aliphatic carbocycles. The second-order valence-corrected chi connectivity index (χ2v) is 6.69. The molecule has 1 aromatic carbocycles. The maximum atomic E-state index is 12.6. The SMILES string of the molecule is CCc1oc2c(Cl)cc(NC(=O)N3CCOC(CCN)C3)cc2c1C. The predicted octanol–water partition coefficient (Wildman–Crippen LogP) is 3.54. The zero-order valence-corrected chi connectivity index (χ0v) is 15.4. The molecular weight excluding hydrogens is 342 g/mol. The number of anilines is 1. The number of halogens is 1. The van der Waals surface area contributed by atoms with Crippen LogP contribution in [0, 0.1) is 6.92 Å². The molecule has 6 nitrogen and oxygen atoms in total. The number of rotatable bonds is 4. The van der Waals surface area contributed by atoms with Crippen molar-refractivity contribution in [2.45, 2.75) is 32.8 Å². The highest BCUT2D eigenvalue weighted by atomic mass is 35.5. The van der Waals surface area contributed by atoms with Crippen molar-refractivity contribution in [2.24, 2.45) is 5.73 Å². The Labute approximate surface area is 152 Å². The summed E-state index contributed by atoms with van der Waals surface area (Å²) >= 11 is 6.35. The van der Waals surface area contributed by atoms with Crippen LogP contribution in [0.15, 0.2) is 16.5 Å². The van der Waals surface area contributed by atoms with Crippen LogP contribution in [-0.2, 0) is 11.2 Å². The first-order valence-electron chi connectivity index (χ1n) is 8.62. The summed E-state index contributed by atoms with van der Waals surface area (Å²) < 4.78 is 11.4. The van der Waals surface area contributed by atoms with Crippen molar-refractivity contribution in [3.63, 3.8) is 0 Å². The fourth-order valence-electron chi connectivity index (χ4n) is 3.20. The van der Waals surface area contributed by atoms with E-state index in [0.717, 1.165) is 29.6 Å². The predicted molar refractivity (Wildman–Crippen MR) is 99.3 cm³/mol. The number of fused-ring (bicyclic) bond motifs is 1. The molecule has 1 atom stereocenters. The second-order valence-electron chi connectivity index (χ2n) is 6.28. The Morgan fingerprint density at radius 2 is 2.28 bits per heavy atom. The minimum atomic E-state index is -0.155. The van der Waals surface area contributed by atoms with E-state index < -0.39 is 0 Å². The largest absolute Gasteiger partial charge is 0.459 e. The lowest BCUT2D eigenvalue weighted by Crippen LogP contribution is -2.47. The minimum absolute atomic E-state index is 0.00111. The molecular formula is C18H24ClN3O3. The third-order valence-electron chi connectivity index (χ3n) is 4.58. The van der Waals surface area contributed by atoms with Gasteiger partial charge in [-0.25, -0.2) is 4.79 Å². The zero-order chi connectivity index (χ0) is 18.0. The maximum Gasteiger partial charge on any atom is 0.322 e. The molecule has 1 fully saturated rings. The van der Waals surface area contributed by atoms with E-state index in [0.29, 0.717) is 42.5 Å². The lowest BCUT2D eigenvalue weighted by atomic mass is 10.1. The number of hydrogen-bond donors (Lipinski definition) is 2. The molecule has 25 heavy (non-hydrogen) atoms. The molecule has 3 rings (SSSR count). The number of nitrogens with one attached hydrogen (secondary N) is 1. The molecule has 0 saturated carbocycles. The van der Waals surface area contributed by atoms with Crippen LogP contribution in [0.3, 0.4) is 0 Å². The average molecular weight is 366 g/mol. The number of benzene rings is 1. The van der Waals surface area contributed by atoms with Gasteiger partial charge in [-0.2, -0.15) is 0 Å². The molecule has 1 saturated heterocycles. The first kappa shape index (κ1) is 18.0. The zero-order valence-electron chi connectivity index (χ0n) is 14.6. The highest BCUT2D eigenvalue weighted by molar-refractivity contribution is 6.35. The van der Waals surface area contributed by atoms with Crippen LogP contribution >= 0.6 is 11.6 Å². The number of nitrogens with two attached hydrogens (primary N) is 1. The van der Waals surface area contributed by atoms with E-state index in [9.17, 15) is 4.79 Å². The molecule has 2 aromatic rings. The van der Waals surface area contributed by atoms with E-state index in [1.165, 1.54) is 0 Å². The highest BCUT2D eigenvalue weighted by Gasteiger charge is 2.24. The topological polar surface area (TPSA) is 80.7 Å². The van der Waals surface area contributed by atoms with E-state index in [4.69, 9.17) is 26.5 Å². The lowest BCUT2D eigenvalue weighted by Gasteiger charge is -2.32. The Kier molecular flexibility index (Phi) is 5.51. The van der Waals surface area contributed by atoms with Gasteiger partial charge < -0.3 is 25.1 Å². The van der Waals surface area contributed by atoms with Gasteiger partial charge in [0.2, 0.25) is 0 Å². The van der Waals surface area contributed by atoms with Gasteiger partial charge in [0.05, 0.1) is 17.7 Å². The molecule has 1 aliphatic heterocycles. The molecule has 0 spiro atoms. The molecule has 136 valence electrons. The Morgan fingerprint density at radius 1 is 1.48 bits per heavy atom. The maximum absolute atomic E-state index is 12.6. The summed E-state index contributed by atoms with van der Waals surface area (Å²) in [7, 11) is 0. The second kappa shape index (κ2) is 7.64. The lowest BCUT2D eigenvalue weighted by molar-refractivity contribution is -0.0146. The molecule has 0 bridgehead atoms. The van der Waals surface area contributed by atoms with Gasteiger partial charge in [-0.05, 0) is 37.6 Å². The van der Waals surface area contributed by atoms with Crippen LogP contribution in [0.1, 0.15) is 24.7 Å². The first-order valence-corrected chi connectivity index (χ1v) is 9.00. The fraction of sp³-hybridized carbons (Fsp3) is 0.500.